The third kappa shape index (κ3) is 3.14. The summed E-state index contributed by atoms with van der Waals surface area (Å²) < 4.78 is 2.20. The Morgan fingerprint density at radius 3 is 2.57 bits per heavy atom. The molecule has 106 valence electrons. The standard InChI is InChI=1S/C18H17NO2/c20-18(21)9-7-14-6-8-16-10-11-19(17(16)12-14)13-15-4-2-1-3-5-15/h1-6,8,10-12H,7,9,13H2,(H,20,21). The number of carboxylic acids is 1. The van der Waals surface area contributed by atoms with Crippen LogP contribution in [0.15, 0.2) is 60.8 Å². The van der Waals surface area contributed by atoms with Crippen LogP contribution in [0.5, 0.6) is 0 Å². The van der Waals surface area contributed by atoms with Crippen LogP contribution in [0.4, 0.5) is 0 Å². The molecule has 3 aromatic rings. The molecule has 0 aliphatic carbocycles. The molecule has 3 heteroatoms. The van der Waals surface area contributed by atoms with Crippen molar-refractivity contribution in [2.75, 3.05) is 0 Å². The van der Waals surface area contributed by atoms with E-state index in [0.29, 0.717) is 6.42 Å². The van der Waals surface area contributed by atoms with Crippen LogP contribution >= 0.6 is 0 Å². The van der Waals surface area contributed by atoms with Crippen LogP contribution < -0.4 is 0 Å². The first-order chi connectivity index (χ1) is 10.2. The van der Waals surface area contributed by atoms with E-state index >= 15 is 0 Å². The van der Waals surface area contributed by atoms with Crippen molar-refractivity contribution in [3.63, 3.8) is 0 Å². The molecule has 0 radical (unpaired) electrons. The van der Waals surface area contributed by atoms with Crippen LogP contribution in [0.2, 0.25) is 0 Å². The Labute approximate surface area is 123 Å². The van der Waals surface area contributed by atoms with Gasteiger partial charge >= 0.3 is 5.97 Å². The van der Waals surface area contributed by atoms with Gasteiger partial charge in [-0.2, -0.15) is 0 Å². The van der Waals surface area contributed by atoms with Crippen LogP contribution in [0.1, 0.15) is 17.5 Å². The van der Waals surface area contributed by atoms with Gasteiger partial charge in [0.15, 0.2) is 0 Å². The van der Waals surface area contributed by atoms with E-state index in [0.717, 1.165) is 17.6 Å². The quantitative estimate of drug-likeness (QED) is 0.773. The smallest absolute Gasteiger partial charge is 0.303 e. The molecule has 0 saturated carbocycles. The molecule has 0 aliphatic rings. The van der Waals surface area contributed by atoms with Crippen LogP contribution in [0.3, 0.4) is 0 Å². The average molecular weight is 279 g/mol. The van der Waals surface area contributed by atoms with Crippen molar-refractivity contribution in [2.45, 2.75) is 19.4 Å². The molecule has 3 rings (SSSR count). The zero-order chi connectivity index (χ0) is 14.7. The number of aromatic nitrogens is 1. The molecular formula is C18H17NO2. The summed E-state index contributed by atoms with van der Waals surface area (Å²) in [4.78, 5) is 10.7. The number of benzene rings is 2. The number of hydrogen-bond donors (Lipinski definition) is 1. The summed E-state index contributed by atoms with van der Waals surface area (Å²) >= 11 is 0. The number of carboxylic acid groups (broad SMARTS) is 1. The van der Waals surface area contributed by atoms with Crippen molar-refractivity contribution in [1.29, 1.82) is 0 Å². The molecule has 2 aromatic carbocycles. The maximum Gasteiger partial charge on any atom is 0.303 e. The largest absolute Gasteiger partial charge is 0.481 e. The summed E-state index contributed by atoms with van der Waals surface area (Å²) in [7, 11) is 0. The molecule has 21 heavy (non-hydrogen) atoms. The molecule has 0 aliphatic heterocycles. The Hall–Kier alpha value is -2.55. The number of hydrogen-bond acceptors (Lipinski definition) is 1. The number of fused-ring (bicyclic) bond motifs is 1. The van der Waals surface area contributed by atoms with Crippen LogP contribution in [-0.2, 0) is 17.8 Å². The van der Waals surface area contributed by atoms with Gasteiger partial charge in [-0.05, 0) is 35.1 Å². The van der Waals surface area contributed by atoms with E-state index in [2.05, 4.69) is 41.1 Å². The average Bonchev–Trinajstić information content (AvgIpc) is 2.89. The van der Waals surface area contributed by atoms with E-state index < -0.39 is 5.97 Å². The SMILES string of the molecule is O=C(O)CCc1ccc2ccn(Cc3ccccc3)c2c1. The molecule has 1 heterocycles. The molecule has 0 bridgehead atoms. The predicted octanol–water partition coefficient (Wildman–Crippen LogP) is 3.71. The molecular weight excluding hydrogens is 262 g/mol. The Kier molecular flexibility index (Phi) is 3.73. The van der Waals surface area contributed by atoms with Gasteiger partial charge in [0, 0.05) is 24.7 Å². The Morgan fingerprint density at radius 2 is 1.81 bits per heavy atom. The molecule has 1 N–H and O–H groups in total. The lowest BCUT2D eigenvalue weighted by Crippen LogP contribution is -1.99. The van der Waals surface area contributed by atoms with Crippen molar-refractivity contribution in [1.82, 2.24) is 4.57 Å². The lowest BCUT2D eigenvalue weighted by molar-refractivity contribution is -0.136. The van der Waals surface area contributed by atoms with Crippen LogP contribution in [-0.4, -0.2) is 15.6 Å². The number of rotatable bonds is 5. The summed E-state index contributed by atoms with van der Waals surface area (Å²) in [5, 5.41) is 9.98. The van der Waals surface area contributed by atoms with E-state index in [-0.39, 0.29) is 6.42 Å². The molecule has 0 spiro atoms. The molecule has 0 atom stereocenters. The van der Waals surface area contributed by atoms with Gasteiger partial charge in [0.2, 0.25) is 0 Å². The highest BCUT2D eigenvalue weighted by atomic mass is 16.4. The third-order valence-corrected chi connectivity index (χ3v) is 3.66. The van der Waals surface area contributed by atoms with E-state index in [1.54, 1.807) is 0 Å². The van der Waals surface area contributed by atoms with E-state index in [1.165, 1.54) is 10.9 Å². The van der Waals surface area contributed by atoms with Crippen molar-refractivity contribution < 1.29 is 9.90 Å². The predicted molar refractivity (Wildman–Crippen MR) is 83.4 cm³/mol. The summed E-state index contributed by atoms with van der Waals surface area (Å²) in [5.41, 5.74) is 3.48. The first kappa shape index (κ1) is 13.4. The first-order valence-corrected chi connectivity index (χ1v) is 7.06. The van der Waals surface area contributed by atoms with Gasteiger partial charge in [-0.1, -0.05) is 42.5 Å². The zero-order valence-electron chi connectivity index (χ0n) is 11.7. The minimum absolute atomic E-state index is 0.172. The summed E-state index contributed by atoms with van der Waals surface area (Å²) in [5.74, 6) is -0.755. The van der Waals surface area contributed by atoms with Gasteiger partial charge in [-0.25, -0.2) is 0 Å². The van der Waals surface area contributed by atoms with Crippen molar-refractivity contribution >= 4 is 16.9 Å². The number of aliphatic carboxylic acids is 1. The Morgan fingerprint density at radius 1 is 1.00 bits per heavy atom. The van der Waals surface area contributed by atoms with E-state index in [1.807, 2.05) is 24.3 Å². The highest BCUT2D eigenvalue weighted by Gasteiger charge is 2.05. The first-order valence-electron chi connectivity index (χ1n) is 7.06. The fourth-order valence-corrected chi connectivity index (χ4v) is 2.55. The maximum absolute atomic E-state index is 10.7. The van der Waals surface area contributed by atoms with Gasteiger partial charge in [-0.15, -0.1) is 0 Å². The second-order valence-corrected chi connectivity index (χ2v) is 5.22. The monoisotopic (exact) mass is 279 g/mol. The van der Waals surface area contributed by atoms with Crippen molar-refractivity contribution in [2.24, 2.45) is 0 Å². The van der Waals surface area contributed by atoms with Gasteiger partial charge in [-0.3, -0.25) is 4.79 Å². The second-order valence-electron chi connectivity index (χ2n) is 5.22. The zero-order valence-corrected chi connectivity index (χ0v) is 11.7. The topological polar surface area (TPSA) is 42.2 Å². The summed E-state index contributed by atoms with van der Waals surface area (Å²) in [6, 6.07) is 18.6. The molecule has 3 nitrogen and oxygen atoms in total. The van der Waals surface area contributed by atoms with E-state index in [4.69, 9.17) is 5.11 Å². The lowest BCUT2D eigenvalue weighted by Gasteiger charge is -2.07. The third-order valence-electron chi connectivity index (χ3n) is 3.66. The molecule has 1 aromatic heterocycles. The van der Waals surface area contributed by atoms with Gasteiger partial charge in [0.1, 0.15) is 0 Å². The van der Waals surface area contributed by atoms with Crippen molar-refractivity contribution in [3.8, 4) is 0 Å². The summed E-state index contributed by atoms with van der Waals surface area (Å²) in [6.07, 6.45) is 2.82. The normalized spacial score (nSPS) is 10.9. The van der Waals surface area contributed by atoms with Gasteiger partial charge < -0.3 is 9.67 Å². The van der Waals surface area contributed by atoms with Gasteiger partial charge in [0.25, 0.3) is 0 Å². The molecule has 0 fully saturated rings. The van der Waals surface area contributed by atoms with Crippen LogP contribution in [0, 0.1) is 0 Å². The second kappa shape index (κ2) is 5.83. The van der Waals surface area contributed by atoms with Crippen molar-refractivity contribution in [3.05, 3.63) is 71.9 Å². The molecule has 0 unspecified atom stereocenters. The van der Waals surface area contributed by atoms with Crippen LogP contribution in [0.25, 0.3) is 10.9 Å². The minimum Gasteiger partial charge on any atom is -0.481 e. The number of carbonyl (C=O) groups is 1. The Bertz CT molecular complexity index is 759. The highest BCUT2D eigenvalue weighted by Crippen LogP contribution is 2.20. The Balaban J connectivity index is 1.88. The van der Waals surface area contributed by atoms with E-state index in [9.17, 15) is 4.79 Å². The number of nitrogens with zero attached hydrogens (tertiary/aromatic N) is 1. The minimum atomic E-state index is -0.755. The number of aryl methyl sites for hydroxylation is 1. The fraction of sp³-hybridized carbons (Fsp3) is 0.167. The lowest BCUT2D eigenvalue weighted by atomic mass is 10.1. The molecule has 0 saturated heterocycles. The summed E-state index contributed by atoms with van der Waals surface area (Å²) in [6.45, 7) is 0.826. The van der Waals surface area contributed by atoms with Gasteiger partial charge in [0.05, 0.1) is 0 Å². The fourth-order valence-electron chi connectivity index (χ4n) is 2.55. The maximum atomic E-state index is 10.7. The highest BCUT2D eigenvalue weighted by molar-refractivity contribution is 5.81. The molecule has 0 amide bonds.